The molecule has 3 rings (SSSR count). The lowest BCUT2D eigenvalue weighted by Crippen LogP contribution is -2.34. The third-order valence-electron chi connectivity index (χ3n) is 3.62. The average molecular weight is 280 g/mol. The number of nitrogens with one attached hydrogen (secondary N) is 1. The van der Waals surface area contributed by atoms with E-state index in [0.29, 0.717) is 5.02 Å². The van der Waals surface area contributed by atoms with Crippen molar-refractivity contribution in [2.75, 3.05) is 31.6 Å². The smallest absolute Gasteiger partial charge is 0.245 e. The molecular weight excluding hydrogens is 262 g/mol. The maximum atomic E-state index is 5.95. The van der Waals surface area contributed by atoms with Crippen LogP contribution in [0.3, 0.4) is 0 Å². The van der Waals surface area contributed by atoms with Gasteiger partial charge in [0.1, 0.15) is 0 Å². The number of halogens is 1. The molecule has 19 heavy (non-hydrogen) atoms. The van der Waals surface area contributed by atoms with Gasteiger partial charge in [0.25, 0.3) is 0 Å². The van der Waals surface area contributed by atoms with Gasteiger partial charge in [-0.3, -0.25) is 0 Å². The predicted molar refractivity (Wildman–Crippen MR) is 76.9 cm³/mol. The summed E-state index contributed by atoms with van der Waals surface area (Å²) in [5.74, 6) is 1.49. The summed E-state index contributed by atoms with van der Waals surface area (Å²) in [6.45, 7) is 3.24. The van der Waals surface area contributed by atoms with E-state index in [-0.39, 0.29) is 0 Å². The molecule has 0 radical (unpaired) electrons. The van der Waals surface area contributed by atoms with Crippen LogP contribution in [0.1, 0.15) is 12.8 Å². The van der Waals surface area contributed by atoms with E-state index in [1.54, 1.807) is 10.7 Å². The molecule has 0 atom stereocenters. The van der Waals surface area contributed by atoms with Gasteiger partial charge in [-0.15, -0.1) is 5.10 Å². The molecule has 0 bridgehead atoms. The van der Waals surface area contributed by atoms with Crippen LogP contribution < -0.4 is 10.2 Å². The van der Waals surface area contributed by atoms with Crippen molar-refractivity contribution in [3.05, 3.63) is 23.4 Å². The highest BCUT2D eigenvalue weighted by Gasteiger charge is 2.17. The zero-order valence-corrected chi connectivity index (χ0v) is 11.8. The van der Waals surface area contributed by atoms with Gasteiger partial charge in [0, 0.05) is 19.8 Å². The van der Waals surface area contributed by atoms with E-state index in [2.05, 4.69) is 27.3 Å². The Morgan fingerprint density at radius 3 is 3.00 bits per heavy atom. The molecule has 3 heterocycles. The maximum Gasteiger partial charge on any atom is 0.245 e. The van der Waals surface area contributed by atoms with E-state index in [1.165, 1.54) is 12.8 Å². The van der Waals surface area contributed by atoms with E-state index in [4.69, 9.17) is 11.6 Å². The van der Waals surface area contributed by atoms with Crippen molar-refractivity contribution in [3.63, 3.8) is 0 Å². The van der Waals surface area contributed by atoms with Crippen LogP contribution in [0.25, 0.3) is 5.65 Å². The molecule has 0 spiro atoms. The van der Waals surface area contributed by atoms with Crippen molar-refractivity contribution in [1.29, 1.82) is 0 Å². The SMILES string of the molecule is CN(CC1CCNCC1)c1nc2ccc(Cl)cn2n1. The Labute approximate surface area is 117 Å². The largest absolute Gasteiger partial charge is 0.342 e. The first-order chi connectivity index (χ1) is 9.22. The number of hydrogen-bond donors (Lipinski definition) is 1. The van der Waals surface area contributed by atoms with Crippen molar-refractivity contribution in [2.24, 2.45) is 5.92 Å². The van der Waals surface area contributed by atoms with Crippen molar-refractivity contribution in [2.45, 2.75) is 12.8 Å². The normalized spacial score (nSPS) is 16.9. The second kappa shape index (κ2) is 5.35. The van der Waals surface area contributed by atoms with E-state index < -0.39 is 0 Å². The zero-order chi connectivity index (χ0) is 13.2. The molecule has 2 aromatic heterocycles. The molecule has 6 heteroatoms. The lowest BCUT2D eigenvalue weighted by Gasteiger charge is -2.26. The number of piperidine rings is 1. The van der Waals surface area contributed by atoms with Crippen LogP contribution in [0, 0.1) is 5.92 Å². The third kappa shape index (κ3) is 2.82. The van der Waals surface area contributed by atoms with Gasteiger partial charge in [-0.05, 0) is 44.0 Å². The Morgan fingerprint density at radius 2 is 2.21 bits per heavy atom. The van der Waals surface area contributed by atoms with Gasteiger partial charge < -0.3 is 10.2 Å². The van der Waals surface area contributed by atoms with E-state index in [1.807, 2.05) is 12.1 Å². The molecule has 0 aromatic carbocycles. The van der Waals surface area contributed by atoms with Gasteiger partial charge in [0.05, 0.1) is 5.02 Å². The van der Waals surface area contributed by atoms with E-state index >= 15 is 0 Å². The highest BCUT2D eigenvalue weighted by Crippen LogP contribution is 2.17. The Hall–Kier alpha value is -1.33. The number of rotatable bonds is 3. The molecule has 0 aliphatic carbocycles. The van der Waals surface area contributed by atoms with Crippen molar-refractivity contribution < 1.29 is 0 Å². The third-order valence-corrected chi connectivity index (χ3v) is 3.84. The van der Waals surface area contributed by atoms with E-state index in [9.17, 15) is 0 Å². The molecule has 102 valence electrons. The minimum absolute atomic E-state index is 0.671. The molecule has 0 unspecified atom stereocenters. The minimum Gasteiger partial charge on any atom is -0.342 e. The van der Waals surface area contributed by atoms with Crippen molar-refractivity contribution in [1.82, 2.24) is 19.9 Å². The van der Waals surface area contributed by atoms with Gasteiger partial charge in [-0.1, -0.05) is 11.6 Å². The molecule has 1 aliphatic heterocycles. The molecular formula is C13H18ClN5. The Kier molecular flexibility index (Phi) is 3.57. The summed E-state index contributed by atoms with van der Waals surface area (Å²) >= 11 is 5.95. The molecule has 2 aromatic rings. The lowest BCUT2D eigenvalue weighted by atomic mass is 9.98. The second-order valence-electron chi connectivity index (χ2n) is 5.14. The molecule has 0 amide bonds. The topological polar surface area (TPSA) is 45.5 Å². The van der Waals surface area contributed by atoms with Gasteiger partial charge in [-0.25, -0.2) is 4.52 Å². The van der Waals surface area contributed by atoms with Gasteiger partial charge in [0.15, 0.2) is 5.65 Å². The number of pyridine rings is 1. The summed E-state index contributed by atoms with van der Waals surface area (Å²) in [6, 6.07) is 3.72. The summed E-state index contributed by atoms with van der Waals surface area (Å²) in [4.78, 5) is 6.66. The monoisotopic (exact) mass is 279 g/mol. The van der Waals surface area contributed by atoms with Gasteiger partial charge in [0.2, 0.25) is 5.95 Å². The van der Waals surface area contributed by atoms with E-state index in [0.717, 1.165) is 37.1 Å². The van der Waals surface area contributed by atoms with Gasteiger partial charge in [-0.2, -0.15) is 4.98 Å². The Morgan fingerprint density at radius 1 is 1.42 bits per heavy atom. The number of nitrogens with zero attached hydrogens (tertiary/aromatic N) is 4. The summed E-state index contributed by atoms with van der Waals surface area (Å²) in [7, 11) is 2.05. The quantitative estimate of drug-likeness (QED) is 0.931. The first kappa shape index (κ1) is 12.7. The van der Waals surface area contributed by atoms with Crippen LogP contribution in [-0.2, 0) is 0 Å². The molecule has 1 N–H and O–H groups in total. The van der Waals surface area contributed by atoms with Crippen LogP contribution in [0.15, 0.2) is 18.3 Å². The summed E-state index contributed by atoms with van der Waals surface area (Å²) in [5, 5.41) is 8.53. The van der Waals surface area contributed by atoms with Crippen molar-refractivity contribution >= 4 is 23.2 Å². The number of hydrogen-bond acceptors (Lipinski definition) is 4. The Balaban J connectivity index is 1.75. The fraction of sp³-hybridized carbons (Fsp3) is 0.538. The second-order valence-corrected chi connectivity index (χ2v) is 5.57. The maximum absolute atomic E-state index is 5.95. The van der Waals surface area contributed by atoms with Crippen molar-refractivity contribution in [3.8, 4) is 0 Å². The molecule has 5 nitrogen and oxygen atoms in total. The first-order valence-electron chi connectivity index (χ1n) is 6.66. The standard InChI is InChI=1S/C13H18ClN5/c1-18(8-10-4-6-15-7-5-10)13-16-12-3-2-11(14)9-19(12)17-13/h2-3,9-10,15H,4-8H2,1H3. The fourth-order valence-electron chi connectivity index (χ4n) is 2.54. The minimum atomic E-state index is 0.671. The molecule has 1 aliphatic rings. The first-order valence-corrected chi connectivity index (χ1v) is 7.04. The predicted octanol–water partition coefficient (Wildman–Crippen LogP) is 1.82. The van der Waals surface area contributed by atoms with Crippen LogP contribution >= 0.6 is 11.6 Å². The average Bonchev–Trinajstić information content (AvgIpc) is 2.83. The van der Waals surface area contributed by atoms with Crippen LogP contribution in [0.5, 0.6) is 0 Å². The highest BCUT2D eigenvalue weighted by atomic mass is 35.5. The van der Waals surface area contributed by atoms with Crippen LogP contribution in [0.4, 0.5) is 5.95 Å². The zero-order valence-electron chi connectivity index (χ0n) is 11.0. The lowest BCUT2D eigenvalue weighted by molar-refractivity contribution is 0.377. The number of anilines is 1. The summed E-state index contributed by atoms with van der Waals surface area (Å²) in [5.41, 5.74) is 0.830. The molecule has 1 fully saturated rings. The fourth-order valence-corrected chi connectivity index (χ4v) is 2.70. The van der Waals surface area contributed by atoms with Crippen LogP contribution in [0.2, 0.25) is 5.02 Å². The number of fused-ring (bicyclic) bond motifs is 1. The van der Waals surface area contributed by atoms with Crippen LogP contribution in [-0.4, -0.2) is 41.3 Å². The molecule has 0 saturated carbocycles. The summed E-state index contributed by atoms with van der Waals surface area (Å²) in [6.07, 6.45) is 4.23. The number of aromatic nitrogens is 3. The highest BCUT2D eigenvalue weighted by molar-refractivity contribution is 6.30. The molecule has 1 saturated heterocycles. The summed E-state index contributed by atoms with van der Waals surface area (Å²) < 4.78 is 1.73. The Bertz CT molecular complexity index is 561. The van der Waals surface area contributed by atoms with Gasteiger partial charge >= 0.3 is 0 Å².